The lowest BCUT2D eigenvalue weighted by atomic mass is 10.2. The standard InChI is InChI=1S/C18H17N3O6/c22-12-6-5-11(13(23)7-12)8-20-21-17(24)9-19-18(25)16-10-26-14-3-1-2-4-15(14)27-16/h1-8,16,22-23H,9-10H2,(H,19,25)(H,21,24). The van der Waals surface area contributed by atoms with Crippen LogP contribution in [0.3, 0.4) is 0 Å². The van der Waals surface area contributed by atoms with Gasteiger partial charge in [0.2, 0.25) is 6.10 Å². The number of nitrogens with one attached hydrogen (secondary N) is 2. The van der Waals surface area contributed by atoms with Crippen LogP contribution in [0.2, 0.25) is 0 Å². The van der Waals surface area contributed by atoms with E-state index in [4.69, 9.17) is 9.47 Å². The molecule has 2 aromatic rings. The van der Waals surface area contributed by atoms with Crippen LogP contribution in [0.15, 0.2) is 47.6 Å². The molecule has 1 heterocycles. The van der Waals surface area contributed by atoms with Crippen LogP contribution in [0.1, 0.15) is 5.56 Å². The van der Waals surface area contributed by atoms with Gasteiger partial charge in [0.05, 0.1) is 12.8 Å². The number of carbonyl (C=O) groups excluding carboxylic acids is 2. The van der Waals surface area contributed by atoms with E-state index in [0.29, 0.717) is 17.1 Å². The first kappa shape index (κ1) is 18.1. The Balaban J connectivity index is 1.45. The predicted octanol–water partition coefficient (Wildman–Crippen LogP) is 0.504. The van der Waals surface area contributed by atoms with E-state index >= 15 is 0 Å². The number of ether oxygens (including phenoxy) is 2. The number of phenols is 2. The summed E-state index contributed by atoms with van der Waals surface area (Å²) >= 11 is 0. The lowest BCUT2D eigenvalue weighted by molar-refractivity contribution is -0.132. The topological polar surface area (TPSA) is 129 Å². The van der Waals surface area contributed by atoms with E-state index in [1.54, 1.807) is 24.3 Å². The summed E-state index contributed by atoms with van der Waals surface area (Å²) < 4.78 is 11.0. The molecule has 3 rings (SSSR count). The van der Waals surface area contributed by atoms with Crippen molar-refractivity contribution in [2.45, 2.75) is 6.10 Å². The molecule has 0 aromatic heterocycles. The molecular formula is C18H17N3O6. The van der Waals surface area contributed by atoms with Crippen LogP contribution in [0, 0.1) is 0 Å². The molecule has 1 aliphatic rings. The van der Waals surface area contributed by atoms with Gasteiger partial charge in [-0.3, -0.25) is 9.59 Å². The van der Waals surface area contributed by atoms with Gasteiger partial charge in [-0.25, -0.2) is 5.43 Å². The number of para-hydroxylation sites is 2. The summed E-state index contributed by atoms with van der Waals surface area (Å²) in [6.45, 7) is -0.262. The molecule has 0 saturated heterocycles. The van der Waals surface area contributed by atoms with Gasteiger partial charge in [0.1, 0.15) is 18.1 Å². The lowest BCUT2D eigenvalue weighted by Gasteiger charge is -2.25. The summed E-state index contributed by atoms with van der Waals surface area (Å²) in [6, 6.07) is 10.9. The molecule has 0 saturated carbocycles. The van der Waals surface area contributed by atoms with E-state index in [2.05, 4.69) is 15.8 Å². The van der Waals surface area contributed by atoms with Crippen molar-refractivity contribution in [2.75, 3.05) is 13.2 Å². The fraction of sp³-hybridized carbons (Fsp3) is 0.167. The molecule has 4 N–H and O–H groups in total. The Morgan fingerprint density at radius 3 is 2.74 bits per heavy atom. The zero-order valence-corrected chi connectivity index (χ0v) is 14.1. The average Bonchev–Trinajstić information content (AvgIpc) is 2.67. The highest BCUT2D eigenvalue weighted by molar-refractivity contribution is 5.89. The summed E-state index contributed by atoms with van der Waals surface area (Å²) in [5.74, 6) is -0.295. The first-order chi connectivity index (χ1) is 13.0. The zero-order valence-electron chi connectivity index (χ0n) is 14.1. The molecule has 140 valence electrons. The van der Waals surface area contributed by atoms with Gasteiger partial charge in [-0.15, -0.1) is 0 Å². The van der Waals surface area contributed by atoms with Crippen molar-refractivity contribution in [3.8, 4) is 23.0 Å². The third-order valence-electron chi connectivity index (χ3n) is 3.63. The molecule has 0 aliphatic carbocycles. The van der Waals surface area contributed by atoms with Gasteiger partial charge in [-0.05, 0) is 24.3 Å². The summed E-state index contributed by atoms with van der Waals surface area (Å²) in [4.78, 5) is 23.8. The van der Waals surface area contributed by atoms with Crippen LogP contribution in [-0.4, -0.2) is 47.5 Å². The van der Waals surface area contributed by atoms with Gasteiger partial charge in [-0.2, -0.15) is 5.10 Å². The van der Waals surface area contributed by atoms with E-state index < -0.39 is 17.9 Å². The maximum absolute atomic E-state index is 12.1. The van der Waals surface area contributed by atoms with Crippen LogP contribution in [0.25, 0.3) is 0 Å². The highest BCUT2D eigenvalue weighted by Gasteiger charge is 2.27. The molecule has 1 atom stereocenters. The van der Waals surface area contributed by atoms with Crippen LogP contribution < -0.4 is 20.2 Å². The number of fused-ring (bicyclic) bond motifs is 1. The molecule has 0 bridgehead atoms. The minimum absolute atomic E-state index is 0.0444. The molecule has 0 radical (unpaired) electrons. The van der Waals surface area contributed by atoms with E-state index in [9.17, 15) is 19.8 Å². The predicted molar refractivity (Wildman–Crippen MR) is 94.9 cm³/mol. The molecule has 2 amide bonds. The number of phenolic OH excluding ortho intramolecular Hbond substituents is 2. The average molecular weight is 371 g/mol. The van der Waals surface area contributed by atoms with Crippen LogP contribution in [0.4, 0.5) is 0 Å². The fourth-order valence-corrected chi connectivity index (χ4v) is 2.28. The Hall–Kier alpha value is -3.75. The minimum atomic E-state index is -0.856. The van der Waals surface area contributed by atoms with Crippen LogP contribution >= 0.6 is 0 Å². The molecule has 0 spiro atoms. The summed E-state index contributed by atoms with van der Waals surface area (Å²) in [5, 5.41) is 24.9. The third kappa shape index (κ3) is 4.66. The van der Waals surface area contributed by atoms with Gasteiger partial charge in [0.25, 0.3) is 11.8 Å². The van der Waals surface area contributed by atoms with E-state index in [1.807, 2.05) is 0 Å². The number of carbonyl (C=O) groups is 2. The molecule has 9 nitrogen and oxygen atoms in total. The molecule has 2 aromatic carbocycles. The number of hydrogen-bond acceptors (Lipinski definition) is 7. The molecule has 1 unspecified atom stereocenters. The SMILES string of the molecule is O=C(CNC(=O)C1COc2ccccc2O1)NN=Cc1ccc(O)cc1O. The summed E-state index contributed by atoms with van der Waals surface area (Å²) in [6.07, 6.45) is 0.355. The van der Waals surface area contributed by atoms with Gasteiger partial charge < -0.3 is 25.0 Å². The van der Waals surface area contributed by atoms with E-state index in [0.717, 1.165) is 6.07 Å². The highest BCUT2D eigenvalue weighted by Crippen LogP contribution is 2.30. The molecular weight excluding hydrogens is 354 g/mol. The highest BCUT2D eigenvalue weighted by atomic mass is 16.6. The Kier molecular flexibility index (Phi) is 5.41. The van der Waals surface area contributed by atoms with Crippen LogP contribution in [0.5, 0.6) is 23.0 Å². The van der Waals surface area contributed by atoms with Gasteiger partial charge in [-0.1, -0.05) is 12.1 Å². The molecule has 0 fully saturated rings. The van der Waals surface area contributed by atoms with Crippen molar-refractivity contribution < 1.29 is 29.3 Å². The van der Waals surface area contributed by atoms with Crippen LogP contribution in [-0.2, 0) is 9.59 Å². The first-order valence-electron chi connectivity index (χ1n) is 8.03. The number of amides is 2. The second-order valence-electron chi connectivity index (χ2n) is 5.62. The third-order valence-corrected chi connectivity index (χ3v) is 3.63. The summed E-state index contributed by atoms with van der Waals surface area (Å²) in [7, 11) is 0. The molecule has 1 aliphatic heterocycles. The largest absolute Gasteiger partial charge is 0.508 e. The monoisotopic (exact) mass is 371 g/mol. The first-order valence-corrected chi connectivity index (χ1v) is 8.03. The van der Waals surface area contributed by atoms with Gasteiger partial charge in [0.15, 0.2) is 11.5 Å². The second-order valence-corrected chi connectivity index (χ2v) is 5.62. The quantitative estimate of drug-likeness (QED) is 0.447. The number of aromatic hydroxyl groups is 2. The minimum Gasteiger partial charge on any atom is -0.508 e. The van der Waals surface area contributed by atoms with E-state index in [-0.39, 0.29) is 24.7 Å². The Bertz CT molecular complexity index is 883. The van der Waals surface area contributed by atoms with Crippen molar-refractivity contribution in [1.82, 2.24) is 10.7 Å². The number of rotatable bonds is 5. The number of hydrogen-bond donors (Lipinski definition) is 4. The Morgan fingerprint density at radius 1 is 1.19 bits per heavy atom. The van der Waals surface area contributed by atoms with Crippen molar-refractivity contribution in [3.63, 3.8) is 0 Å². The Labute approximate surface area is 154 Å². The smallest absolute Gasteiger partial charge is 0.265 e. The molecule has 27 heavy (non-hydrogen) atoms. The normalized spacial score (nSPS) is 15.3. The number of benzene rings is 2. The lowest BCUT2D eigenvalue weighted by Crippen LogP contribution is -2.46. The van der Waals surface area contributed by atoms with E-state index in [1.165, 1.54) is 18.3 Å². The summed E-state index contributed by atoms with van der Waals surface area (Å²) in [5.41, 5.74) is 2.53. The second kappa shape index (κ2) is 8.09. The van der Waals surface area contributed by atoms with Crippen molar-refractivity contribution in [3.05, 3.63) is 48.0 Å². The van der Waals surface area contributed by atoms with Crippen molar-refractivity contribution in [2.24, 2.45) is 5.10 Å². The zero-order chi connectivity index (χ0) is 19.2. The number of nitrogens with zero attached hydrogens (tertiary/aromatic N) is 1. The molecule has 9 heteroatoms. The number of hydrazone groups is 1. The van der Waals surface area contributed by atoms with Gasteiger partial charge >= 0.3 is 0 Å². The Morgan fingerprint density at radius 2 is 1.96 bits per heavy atom. The maximum Gasteiger partial charge on any atom is 0.265 e. The fourth-order valence-electron chi connectivity index (χ4n) is 2.28. The van der Waals surface area contributed by atoms with Crippen molar-refractivity contribution >= 4 is 18.0 Å². The van der Waals surface area contributed by atoms with Gasteiger partial charge in [0, 0.05) is 11.6 Å². The maximum atomic E-state index is 12.1. The van der Waals surface area contributed by atoms with Crippen molar-refractivity contribution in [1.29, 1.82) is 0 Å².